The number of fused-ring (bicyclic) bond motifs is 6. The monoisotopic (exact) mass is 978 g/mol. The van der Waals surface area contributed by atoms with Gasteiger partial charge in [0.15, 0.2) is 0 Å². The second kappa shape index (κ2) is 24.4. The Kier molecular flexibility index (Phi) is 18.7. The fourth-order valence-electron chi connectivity index (χ4n) is 9.46. The number of hydrogen-bond acceptors (Lipinski definition) is 18. The predicted molar refractivity (Wildman–Crippen MR) is 246 cm³/mol. The highest BCUT2D eigenvalue weighted by Gasteiger charge is 2.46. The quantitative estimate of drug-likeness (QED) is 0.108. The van der Waals surface area contributed by atoms with Gasteiger partial charge in [0.2, 0.25) is 5.90 Å². The minimum Gasteiger partial charge on any atom is -0.481 e. The third-order valence-electron chi connectivity index (χ3n) is 12.9. The van der Waals surface area contributed by atoms with Crippen LogP contribution in [0.2, 0.25) is 0 Å². The average molecular weight is 979 g/mol. The molecule has 380 valence electrons. The number of rotatable bonds is 20. The van der Waals surface area contributed by atoms with E-state index in [-0.39, 0.29) is 109 Å². The molecule has 1 unspecified atom stereocenters. The van der Waals surface area contributed by atoms with Crippen molar-refractivity contribution >= 4 is 53.7 Å². The maximum atomic E-state index is 13.6. The number of nitrogens with zero attached hydrogens (tertiary/aromatic N) is 1. The van der Waals surface area contributed by atoms with Gasteiger partial charge in [-0.05, 0) is 64.6 Å². The number of hydrogen-bond donors (Lipinski definition) is 3. The standard InChI is InChI=1S/C49H62N4O17/c1-62-40(54)14-10-26-30(18-44(58)66-5)36-23-35-27(11-15-41(55)63-2)32(20-46(60)68-7)39(51-35)25-49(33(21-47(61)69-8)29(48(53-49)70-9)13-17-43(57)65-4)24-38-28(12-16-42(56)64-3)31(19-45(59)67-6)37(52-38)22-34(26)50-36/h50-52H,10-25H2,1-9H3. The molecule has 2 aliphatic heterocycles. The number of H-pyrrole nitrogens is 3. The van der Waals surface area contributed by atoms with E-state index < -0.39 is 53.3 Å². The SMILES string of the molecule is COC(=O)CCC1=C(CC(=O)OC)C2(Cc3[nH]c(c(CC(=O)OC)c3CCC(=O)OC)Cc3[nH]c(c(CC(=O)OC)c3CCC(=O)OC)Cc3[nH]c(c(CC(=O)OC)c3CCC(=O)OC)C2)N=C1OC. The number of carbonyl (C=O) groups is 8. The van der Waals surface area contributed by atoms with Crippen LogP contribution in [0.25, 0.3) is 0 Å². The van der Waals surface area contributed by atoms with Gasteiger partial charge in [0.1, 0.15) is 0 Å². The van der Waals surface area contributed by atoms with Crippen molar-refractivity contribution in [2.75, 3.05) is 64.0 Å². The summed E-state index contributed by atoms with van der Waals surface area (Å²) in [5.74, 6) is -4.39. The number of aliphatic imine (C=N–C) groups is 1. The molecule has 0 aromatic carbocycles. The van der Waals surface area contributed by atoms with Crippen LogP contribution in [0.15, 0.2) is 16.1 Å². The Morgan fingerprint density at radius 1 is 0.400 bits per heavy atom. The Balaban J connectivity index is 1.99. The molecule has 3 aromatic rings. The highest BCUT2D eigenvalue weighted by atomic mass is 16.5. The van der Waals surface area contributed by atoms with Crippen molar-refractivity contribution in [2.24, 2.45) is 4.99 Å². The van der Waals surface area contributed by atoms with Crippen molar-refractivity contribution in [1.29, 1.82) is 0 Å². The normalized spacial score (nSPS) is 15.1. The molecule has 1 atom stereocenters. The summed E-state index contributed by atoms with van der Waals surface area (Å²) in [6, 6.07) is 0. The second-order valence-corrected chi connectivity index (χ2v) is 16.8. The molecular weight excluding hydrogens is 917 g/mol. The smallest absolute Gasteiger partial charge is 0.310 e. The van der Waals surface area contributed by atoms with Crippen LogP contribution in [0.4, 0.5) is 0 Å². The third kappa shape index (κ3) is 12.5. The summed E-state index contributed by atoms with van der Waals surface area (Å²) in [4.78, 5) is 121. The van der Waals surface area contributed by atoms with Crippen molar-refractivity contribution < 1.29 is 81.0 Å². The number of carbonyl (C=O) groups excluding carboxylic acids is 8. The van der Waals surface area contributed by atoms with E-state index in [1.54, 1.807) is 0 Å². The van der Waals surface area contributed by atoms with Crippen LogP contribution < -0.4 is 0 Å². The Hall–Kier alpha value is -7.19. The molecule has 0 radical (unpaired) electrons. The molecule has 21 heteroatoms. The minimum absolute atomic E-state index is 0.0346. The fraction of sp³-hybridized carbons (Fsp3) is 0.531. The topological polar surface area (TPSA) is 279 Å². The van der Waals surface area contributed by atoms with Crippen LogP contribution >= 0.6 is 0 Å². The van der Waals surface area contributed by atoms with Crippen LogP contribution in [0, 0.1) is 0 Å². The first-order valence-electron chi connectivity index (χ1n) is 22.6. The number of esters is 8. The Labute approximate surface area is 404 Å². The van der Waals surface area contributed by atoms with E-state index in [0.29, 0.717) is 78.7 Å². The highest BCUT2D eigenvalue weighted by Crippen LogP contribution is 2.45. The summed E-state index contributed by atoms with van der Waals surface area (Å²) < 4.78 is 46.9. The van der Waals surface area contributed by atoms with Crippen molar-refractivity contribution in [3.63, 3.8) is 0 Å². The van der Waals surface area contributed by atoms with E-state index in [2.05, 4.69) is 15.0 Å². The molecule has 6 bridgehead atoms. The van der Waals surface area contributed by atoms with Crippen LogP contribution in [0.3, 0.4) is 0 Å². The fourth-order valence-corrected chi connectivity index (χ4v) is 9.46. The molecule has 0 saturated carbocycles. The largest absolute Gasteiger partial charge is 0.481 e. The van der Waals surface area contributed by atoms with Crippen molar-refractivity contribution in [3.05, 3.63) is 78.7 Å². The van der Waals surface area contributed by atoms with Gasteiger partial charge < -0.3 is 57.6 Å². The number of nitrogens with one attached hydrogen (secondary N) is 3. The van der Waals surface area contributed by atoms with Gasteiger partial charge in [-0.15, -0.1) is 0 Å². The molecule has 3 aromatic heterocycles. The molecule has 21 nitrogen and oxygen atoms in total. The first kappa shape index (κ1) is 53.8. The maximum absolute atomic E-state index is 13.6. The minimum atomic E-state index is -1.50. The Morgan fingerprint density at radius 2 is 0.700 bits per heavy atom. The molecular formula is C49H62N4O17. The Morgan fingerprint density at radius 3 is 1.07 bits per heavy atom. The molecule has 70 heavy (non-hydrogen) atoms. The van der Waals surface area contributed by atoms with Gasteiger partial charge in [0, 0.05) is 91.1 Å². The molecule has 2 aliphatic rings. The first-order valence-corrected chi connectivity index (χ1v) is 22.6. The van der Waals surface area contributed by atoms with Gasteiger partial charge in [-0.25, -0.2) is 4.99 Å². The van der Waals surface area contributed by atoms with E-state index in [1.165, 1.54) is 64.0 Å². The van der Waals surface area contributed by atoms with E-state index in [4.69, 9.17) is 47.6 Å². The molecule has 5 heterocycles. The van der Waals surface area contributed by atoms with Crippen LogP contribution in [0.5, 0.6) is 0 Å². The van der Waals surface area contributed by atoms with E-state index >= 15 is 0 Å². The third-order valence-corrected chi connectivity index (χ3v) is 12.9. The van der Waals surface area contributed by atoms with Gasteiger partial charge in [-0.3, -0.25) is 38.4 Å². The summed E-state index contributed by atoms with van der Waals surface area (Å²) in [5, 5.41) is 0. The first-order chi connectivity index (χ1) is 33.5. The maximum Gasteiger partial charge on any atom is 0.310 e. The highest BCUT2D eigenvalue weighted by molar-refractivity contribution is 5.99. The van der Waals surface area contributed by atoms with Crippen molar-refractivity contribution in [1.82, 2.24) is 15.0 Å². The molecule has 0 amide bonds. The zero-order valence-electron chi connectivity index (χ0n) is 41.2. The lowest BCUT2D eigenvalue weighted by atomic mass is 9.77. The lowest BCUT2D eigenvalue weighted by molar-refractivity contribution is -0.141. The molecule has 0 fully saturated rings. The Bertz CT molecular complexity index is 2560. The number of ether oxygens (including phenoxy) is 9. The summed E-state index contributed by atoms with van der Waals surface area (Å²) in [6.45, 7) is 0. The number of aromatic amines is 3. The molecule has 0 aliphatic carbocycles. The lowest BCUT2D eigenvalue weighted by Gasteiger charge is -2.30. The number of aromatic nitrogens is 3. The van der Waals surface area contributed by atoms with Crippen LogP contribution in [-0.4, -0.2) is 138 Å². The summed E-state index contributed by atoms with van der Waals surface area (Å²) in [7, 11) is 11.5. The van der Waals surface area contributed by atoms with Crippen LogP contribution in [-0.2, 0) is 145 Å². The number of methoxy groups -OCH3 is 9. The zero-order chi connectivity index (χ0) is 51.3. The summed E-state index contributed by atoms with van der Waals surface area (Å²) in [5.41, 5.74) is 5.70. The molecule has 0 saturated heterocycles. The second-order valence-electron chi connectivity index (χ2n) is 16.8. The van der Waals surface area contributed by atoms with Gasteiger partial charge in [0.05, 0.1) is 95.2 Å². The van der Waals surface area contributed by atoms with Gasteiger partial charge in [0.25, 0.3) is 0 Å². The zero-order valence-corrected chi connectivity index (χ0v) is 41.2. The van der Waals surface area contributed by atoms with Crippen molar-refractivity contribution in [3.8, 4) is 0 Å². The average Bonchev–Trinajstić information content (AvgIpc) is 4.04. The molecule has 3 N–H and O–H groups in total. The van der Waals surface area contributed by atoms with E-state index in [0.717, 1.165) is 0 Å². The molecule has 5 rings (SSSR count). The predicted octanol–water partition coefficient (Wildman–Crippen LogP) is 3.02. The van der Waals surface area contributed by atoms with Gasteiger partial charge in [-0.2, -0.15) is 0 Å². The summed E-state index contributed by atoms with van der Waals surface area (Å²) >= 11 is 0. The van der Waals surface area contributed by atoms with Crippen LogP contribution in [0.1, 0.15) is 106 Å². The van der Waals surface area contributed by atoms with E-state index in [1.807, 2.05) is 0 Å². The van der Waals surface area contributed by atoms with Crippen molar-refractivity contribution in [2.45, 2.75) is 108 Å². The van der Waals surface area contributed by atoms with Gasteiger partial charge in [-0.1, -0.05) is 0 Å². The molecule has 1 spiro atoms. The van der Waals surface area contributed by atoms with Gasteiger partial charge >= 0.3 is 47.8 Å². The lowest BCUT2D eigenvalue weighted by Crippen LogP contribution is -2.36. The van der Waals surface area contributed by atoms with E-state index in [9.17, 15) is 38.4 Å². The summed E-state index contributed by atoms with van der Waals surface area (Å²) in [6.07, 6.45) is -1.17.